The molecule has 4 rings (SSSR count). The van der Waals surface area contributed by atoms with Crippen LogP contribution in [0.4, 0.5) is 4.79 Å². The molecule has 0 aromatic carbocycles. The molecular formula is C21H34N2O3. The first-order valence-corrected chi connectivity index (χ1v) is 10.1. The Kier molecular flexibility index (Phi) is 3.70. The third-order valence-corrected chi connectivity index (χ3v) is 7.43. The van der Waals surface area contributed by atoms with Crippen molar-refractivity contribution in [1.29, 1.82) is 0 Å². The van der Waals surface area contributed by atoms with E-state index >= 15 is 0 Å². The third kappa shape index (κ3) is 2.54. The first kappa shape index (κ1) is 18.3. The Bertz CT molecular complexity index is 638. The van der Waals surface area contributed by atoms with Crippen LogP contribution in [-0.2, 0) is 4.74 Å². The number of carbonyl (C=O) groups excluding carboxylic acids is 1. The lowest BCUT2D eigenvalue weighted by molar-refractivity contribution is -0.177. The number of nitrogens with one attached hydrogen (secondary N) is 1. The van der Waals surface area contributed by atoms with Gasteiger partial charge in [-0.15, -0.1) is 0 Å². The van der Waals surface area contributed by atoms with Crippen LogP contribution in [0.5, 0.6) is 0 Å². The summed E-state index contributed by atoms with van der Waals surface area (Å²) in [5, 5.41) is 15.3. The van der Waals surface area contributed by atoms with Gasteiger partial charge in [-0.25, -0.2) is 4.79 Å². The molecule has 1 amide bonds. The summed E-state index contributed by atoms with van der Waals surface area (Å²) in [6.07, 6.45) is 7.91. The first-order chi connectivity index (χ1) is 11.8. The summed E-state index contributed by atoms with van der Waals surface area (Å²) in [7, 11) is 0. The Morgan fingerprint density at radius 3 is 2.19 bits per heavy atom. The van der Waals surface area contributed by atoms with Gasteiger partial charge in [0.25, 0.3) is 0 Å². The predicted octanol–water partition coefficient (Wildman–Crippen LogP) is 3.43. The van der Waals surface area contributed by atoms with Crippen molar-refractivity contribution in [2.24, 2.45) is 17.8 Å². The lowest BCUT2D eigenvalue weighted by Gasteiger charge is -2.51. The molecule has 1 saturated carbocycles. The normalized spacial score (nSPS) is 46.8. The number of amides is 1. The number of carbonyl (C=O) groups is 1. The summed E-state index contributed by atoms with van der Waals surface area (Å²) in [4.78, 5) is 14.7. The SMILES string of the molecule is CC1(C)CC(N2C(=O)OC(C)(C3CC4C=CC3C4)C2(C)O)CC(C)(C)N1. The van der Waals surface area contributed by atoms with Crippen molar-refractivity contribution in [3.05, 3.63) is 12.2 Å². The van der Waals surface area contributed by atoms with E-state index in [-0.39, 0.29) is 29.1 Å². The molecule has 5 heteroatoms. The lowest BCUT2D eigenvalue weighted by Crippen LogP contribution is -2.67. The molecule has 2 bridgehead atoms. The standard InChI is InChI=1S/C21H34N2O3/c1-18(2)11-15(12-19(3,4)22-18)23-17(24)26-20(5,21(23,6)25)16-10-13-7-8-14(16)9-13/h7-8,13-16,22,25H,9-12H2,1-6H3. The second kappa shape index (κ2) is 5.26. The molecular weight excluding hydrogens is 328 g/mol. The van der Waals surface area contributed by atoms with E-state index in [1.54, 1.807) is 11.8 Å². The van der Waals surface area contributed by atoms with E-state index in [0.717, 1.165) is 25.7 Å². The molecule has 5 atom stereocenters. The van der Waals surface area contributed by atoms with Crippen LogP contribution in [0.25, 0.3) is 0 Å². The minimum Gasteiger partial charge on any atom is -0.438 e. The van der Waals surface area contributed by atoms with Gasteiger partial charge >= 0.3 is 6.09 Å². The highest BCUT2D eigenvalue weighted by atomic mass is 16.6. The van der Waals surface area contributed by atoms with Crippen LogP contribution >= 0.6 is 0 Å². The average molecular weight is 363 g/mol. The van der Waals surface area contributed by atoms with E-state index in [4.69, 9.17) is 4.74 Å². The topological polar surface area (TPSA) is 61.8 Å². The summed E-state index contributed by atoms with van der Waals surface area (Å²) in [5.41, 5.74) is -2.37. The molecule has 3 fully saturated rings. The Hall–Kier alpha value is -1.07. The highest BCUT2D eigenvalue weighted by molar-refractivity contribution is 5.73. The van der Waals surface area contributed by atoms with Crippen molar-refractivity contribution in [2.75, 3.05) is 0 Å². The molecule has 2 saturated heterocycles. The zero-order valence-corrected chi connectivity index (χ0v) is 17.0. The summed E-state index contributed by atoms with van der Waals surface area (Å²) in [6, 6.07) is -0.0419. The molecule has 5 nitrogen and oxygen atoms in total. The maximum absolute atomic E-state index is 13.0. The van der Waals surface area contributed by atoms with Crippen LogP contribution in [0, 0.1) is 17.8 Å². The third-order valence-electron chi connectivity index (χ3n) is 7.43. The summed E-state index contributed by atoms with van der Waals surface area (Å²) in [5.74, 6) is 1.16. The van der Waals surface area contributed by atoms with E-state index in [1.165, 1.54) is 0 Å². The van der Waals surface area contributed by atoms with Gasteiger partial charge in [-0.2, -0.15) is 0 Å². The average Bonchev–Trinajstić information content (AvgIpc) is 3.09. The monoisotopic (exact) mass is 362 g/mol. The highest BCUT2D eigenvalue weighted by Gasteiger charge is 2.67. The molecule has 4 aliphatic rings. The Morgan fingerprint density at radius 2 is 1.69 bits per heavy atom. The number of nitrogens with zero attached hydrogens (tertiary/aromatic N) is 1. The van der Waals surface area contributed by atoms with Crippen molar-refractivity contribution < 1.29 is 14.6 Å². The van der Waals surface area contributed by atoms with E-state index in [2.05, 4.69) is 45.2 Å². The second-order valence-electron chi connectivity index (χ2n) is 10.7. The maximum Gasteiger partial charge on any atom is 0.413 e. The van der Waals surface area contributed by atoms with Crippen molar-refractivity contribution in [1.82, 2.24) is 10.2 Å². The number of ether oxygens (including phenoxy) is 1. The molecule has 2 aliphatic carbocycles. The minimum atomic E-state index is -1.30. The van der Waals surface area contributed by atoms with Gasteiger partial charge in [0.05, 0.1) is 0 Å². The molecule has 26 heavy (non-hydrogen) atoms. The van der Waals surface area contributed by atoms with Gasteiger partial charge in [-0.1, -0.05) is 12.2 Å². The number of piperidine rings is 1. The van der Waals surface area contributed by atoms with Gasteiger partial charge in [-0.3, -0.25) is 4.90 Å². The number of allylic oxidation sites excluding steroid dienone is 2. The van der Waals surface area contributed by atoms with Crippen LogP contribution in [0.15, 0.2) is 12.2 Å². The number of aliphatic hydroxyl groups is 1. The molecule has 2 heterocycles. The van der Waals surface area contributed by atoms with Crippen LogP contribution in [0.2, 0.25) is 0 Å². The molecule has 0 radical (unpaired) electrons. The molecule has 2 aliphatic heterocycles. The maximum atomic E-state index is 13.0. The lowest BCUT2D eigenvalue weighted by atomic mass is 9.72. The zero-order valence-electron chi connectivity index (χ0n) is 17.0. The number of cyclic esters (lactones) is 1. The second-order valence-corrected chi connectivity index (χ2v) is 10.7. The van der Waals surface area contributed by atoms with Crippen molar-refractivity contribution in [3.63, 3.8) is 0 Å². The smallest absolute Gasteiger partial charge is 0.413 e. The van der Waals surface area contributed by atoms with Crippen molar-refractivity contribution in [3.8, 4) is 0 Å². The molecule has 0 aromatic rings. The van der Waals surface area contributed by atoms with E-state index in [1.807, 2.05) is 6.92 Å². The fourth-order valence-electron chi connectivity index (χ4n) is 6.54. The Balaban J connectivity index is 1.66. The fraction of sp³-hybridized carbons (Fsp3) is 0.857. The Morgan fingerprint density at radius 1 is 1.08 bits per heavy atom. The molecule has 146 valence electrons. The first-order valence-electron chi connectivity index (χ1n) is 10.1. The number of fused-ring (bicyclic) bond motifs is 2. The largest absolute Gasteiger partial charge is 0.438 e. The van der Waals surface area contributed by atoms with E-state index < -0.39 is 11.3 Å². The van der Waals surface area contributed by atoms with Crippen LogP contribution < -0.4 is 5.32 Å². The molecule has 2 N–H and O–H groups in total. The van der Waals surface area contributed by atoms with Gasteiger partial charge in [0.15, 0.2) is 11.3 Å². The van der Waals surface area contributed by atoms with Crippen molar-refractivity contribution >= 4 is 6.09 Å². The van der Waals surface area contributed by atoms with Gasteiger partial charge in [-0.05, 0) is 79.1 Å². The minimum absolute atomic E-state index is 0.0419. The summed E-state index contributed by atoms with van der Waals surface area (Å²) in [6.45, 7) is 12.4. The number of hydrogen-bond acceptors (Lipinski definition) is 4. The van der Waals surface area contributed by atoms with Gasteiger partial charge in [0, 0.05) is 23.0 Å². The highest BCUT2D eigenvalue weighted by Crippen LogP contribution is 2.56. The Labute approximate surface area is 157 Å². The summed E-state index contributed by atoms with van der Waals surface area (Å²) < 4.78 is 5.99. The van der Waals surface area contributed by atoms with E-state index in [0.29, 0.717) is 11.8 Å². The fourth-order valence-corrected chi connectivity index (χ4v) is 6.54. The van der Waals surface area contributed by atoms with Crippen LogP contribution in [0.1, 0.15) is 67.2 Å². The summed E-state index contributed by atoms with van der Waals surface area (Å²) >= 11 is 0. The molecule has 0 aromatic heterocycles. The van der Waals surface area contributed by atoms with Gasteiger partial charge in [0.1, 0.15) is 0 Å². The molecule has 5 unspecified atom stereocenters. The van der Waals surface area contributed by atoms with Gasteiger partial charge < -0.3 is 15.2 Å². The number of rotatable bonds is 2. The van der Waals surface area contributed by atoms with Crippen molar-refractivity contribution in [2.45, 2.75) is 95.7 Å². The van der Waals surface area contributed by atoms with Crippen LogP contribution in [0.3, 0.4) is 0 Å². The quantitative estimate of drug-likeness (QED) is 0.739. The van der Waals surface area contributed by atoms with E-state index in [9.17, 15) is 9.90 Å². The zero-order chi connectivity index (χ0) is 19.1. The van der Waals surface area contributed by atoms with Crippen LogP contribution in [-0.4, -0.2) is 44.5 Å². The molecule has 0 spiro atoms. The predicted molar refractivity (Wildman–Crippen MR) is 101 cm³/mol. The number of hydrogen-bond donors (Lipinski definition) is 2. The van der Waals surface area contributed by atoms with Gasteiger partial charge in [0.2, 0.25) is 0 Å².